The van der Waals surface area contributed by atoms with Gasteiger partial charge in [-0.25, -0.2) is 4.79 Å². The molecule has 5 N–H and O–H groups in total. The number of hydrogen-bond acceptors (Lipinski definition) is 5. The molecule has 7 nitrogen and oxygen atoms in total. The van der Waals surface area contributed by atoms with Gasteiger partial charge in [0.1, 0.15) is 6.61 Å². The third-order valence-corrected chi connectivity index (χ3v) is 3.28. The summed E-state index contributed by atoms with van der Waals surface area (Å²) in [5, 5.41) is 14.3. The summed E-state index contributed by atoms with van der Waals surface area (Å²) in [6, 6.07) is 6.29. The smallest absolute Gasteiger partial charge is 0.407 e. The topological polar surface area (TPSA) is 114 Å². The second kappa shape index (κ2) is 11.2. The lowest BCUT2D eigenvalue weighted by atomic mass is 10.1. The first-order chi connectivity index (χ1) is 11.6. The fourth-order valence-electron chi connectivity index (χ4n) is 1.92. The zero-order chi connectivity index (χ0) is 17.8. The number of anilines is 1. The van der Waals surface area contributed by atoms with E-state index in [9.17, 15) is 9.59 Å². The molecule has 0 aliphatic carbocycles. The number of ether oxygens (including phenoxy) is 1. The predicted molar refractivity (Wildman–Crippen MR) is 92.4 cm³/mol. The molecule has 0 bridgehead atoms. The Labute approximate surface area is 141 Å². The molecule has 7 heteroatoms. The van der Waals surface area contributed by atoms with Gasteiger partial charge in [-0.15, -0.1) is 0 Å². The molecule has 0 aliphatic heterocycles. The maximum absolute atomic E-state index is 12.0. The molecule has 0 radical (unpaired) electrons. The number of alkyl carbamates (subject to hydrolysis) is 1. The van der Waals surface area contributed by atoms with Crippen LogP contribution in [0.1, 0.15) is 24.8 Å². The lowest BCUT2D eigenvalue weighted by molar-refractivity contribution is -0.117. The van der Waals surface area contributed by atoms with Gasteiger partial charge >= 0.3 is 6.09 Å². The Morgan fingerprint density at radius 3 is 2.62 bits per heavy atom. The highest BCUT2D eigenvalue weighted by molar-refractivity contribution is 5.94. The third-order valence-electron chi connectivity index (χ3n) is 3.28. The number of hydrogen-bond donors (Lipinski definition) is 4. The van der Waals surface area contributed by atoms with Gasteiger partial charge in [0, 0.05) is 12.2 Å². The van der Waals surface area contributed by atoms with E-state index in [-0.39, 0.29) is 19.1 Å². The molecule has 0 aromatic heterocycles. The SMILES string of the molecule is C=CCOC(=O)NCCCC[C@H](N)C(=O)Nc1ccc(CO)cc1. The maximum Gasteiger partial charge on any atom is 0.407 e. The summed E-state index contributed by atoms with van der Waals surface area (Å²) < 4.78 is 4.77. The highest BCUT2D eigenvalue weighted by Gasteiger charge is 2.13. The van der Waals surface area contributed by atoms with Crippen LogP contribution in [-0.4, -0.2) is 36.3 Å². The fraction of sp³-hybridized carbons (Fsp3) is 0.412. The number of aliphatic hydroxyl groups excluding tert-OH is 1. The van der Waals surface area contributed by atoms with Gasteiger partial charge in [-0.1, -0.05) is 24.8 Å². The first-order valence-corrected chi connectivity index (χ1v) is 7.84. The summed E-state index contributed by atoms with van der Waals surface area (Å²) in [6.45, 7) is 4.05. The standard InChI is InChI=1S/C17H25N3O4/c1-2-11-24-17(23)19-10-4-3-5-15(18)16(22)20-14-8-6-13(12-21)7-9-14/h2,6-9,15,21H,1,3-5,10-12,18H2,(H,19,23)(H,20,22)/t15-/m0/s1. The predicted octanol–water partition coefficient (Wildman–Crippen LogP) is 1.53. The van der Waals surface area contributed by atoms with Crippen molar-refractivity contribution in [1.82, 2.24) is 5.32 Å². The lowest BCUT2D eigenvalue weighted by Gasteiger charge is -2.12. The summed E-state index contributed by atoms with van der Waals surface area (Å²) in [5.41, 5.74) is 7.27. The molecule has 0 aliphatic rings. The molecule has 1 aromatic carbocycles. The van der Waals surface area contributed by atoms with Crippen molar-refractivity contribution in [3.8, 4) is 0 Å². The Kier molecular flexibility index (Phi) is 9.18. The van der Waals surface area contributed by atoms with E-state index in [2.05, 4.69) is 17.2 Å². The minimum absolute atomic E-state index is 0.0388. The molecular weight excluding hydrogens is 310 g/mol. The van der Waals surface area contributed by atoms with Gasteiger partial charge in [0.15, 0.2) is 0 Å². The number of carbonyl (C=O) groups is 2. The van der Waals surface area contributed by atoms with Crippen LogP contribution in [0.15, 0.2) is 36.9 Å². The van der Waals surface area contributed by atoms with Crippen LogP contribution >= 0.6 is 0 Å². The molecule has 132 valence electrons. The average Bonchev–Trinajstić information content (AvgIpc) is 2.60. The van der Waals surface area contributed by atoms with Crippen LogP contribution in [0.5, 0.6) is 0 Å². The summed E-state index contributed by atoms with van der Waals surface area (Å²) >= 11 is 0. The van der Waals surface area contributed by atoms with Gasteiger partial charge in [-0.2, -0.15) is 0 Å². The Hall–Kier alpha value is -2.38. The third kappa shape index (κ3) is 7.75. The maximum atomic E-state index is 12.0. The van der Waals surface area contributed by atoms with Gasteiger partial charge in [0.05, 0.1) is 12.6 Å². The highest BCUT2D eigenvalue weighted by Crippen LogP contribution is 2.10. The number of unbranched alkanes of at least 4 members (excludes halogenated alkanes) is 1. The van der Waals surface area contributed by atoms with Crippen LogP contribution in [0.25, 0.3) is 0 Å². The molecule has 0 saturated carbocycles. The summed E-state index contributed by atoms with van der Waals surface area (Å²) in [7, 11) is 0. The number of nitrogens with one attached hydrogen (secondary N) is 2. The summed E-state index contributed by atoms with van der Waals surface area (Å²) in [6.07, 6.45) is 2.94. The number of benzene rings is 1. The van der Waals surface area contributed by atoms with Gasteiger partial charge in [0.25, 0.3) is 0 Å². The molecule has 0 heterocycles. The van der Waals surface area contributed by atoms with Crippen LogP contribution < -0.4 is 16.4 Å². The second-order valence-electron chi connectivity index (χ2n) is 5.26. The van der Waals surface area contributed by atoms with Crippen molar-refractivity contribution in [2.24, 2.45) is 5.73 Å². The van der Waals surface area contributed by atoms with E-state index in [4.69, 9.17) is 15.6 Å². The zero-order valence-electron chi connectivity index (χ0n) is 13.7. The first-order valence-electron chi connectivity index (χ1n) is 7.84. The van der Waals surface area contributed by atoms with E-state index >= 15 is 0 Å². The molecule has 0 spiro atoms. The Balaban J connectivity index is 2.19. The Morgan fingerprint density at radius 1 is 1.29 bits per heavy atom. The van der Waals surface area contributed by atoms with Crippen molar-refractivity contribution in [3.63, 3.8) is 0 Å². The van der Waals surface area contributed by atoms with Crippen molar-refractivity contribution in [1.29, 1.82) is 0 Å². The minimum Gasteiger partial charge on any atom is -0.445 e. The summed E-state index contributed by atoms with van der Waals surface area (Å²) in [5.74, 6) is -0.259. The van der Waals surface area contributed by atoms with Gasteiger partial charge in [-0.05, 0) is 37.0 Å². The van der Waals surface area contributed by atoms with Crippen molar-refractivity contribution in [2.45, 2.75) is 31.9 Å². The van der Waals surface area contributed by atoms with E-state index in [1.807, 2.05) is 0 Å². The van der Waals surface area contributed by atoms with Crippen LogP contribution in [0.2, 0.25) is 0 Å². The first kappa shape index (κ1) is 19.7. The second-order valence-corrected chi connectivity index (χ2v) is 5.26. The van der Waals surface area contributed by atoms with Gasteiger partial charge < -0.3 is 26.2 Å². The van der Waals surface area contributed by atoms with Crippen molar-refractivity contribution in [3.05, 3.63) is 42.5 Å². The number of nitrogens with two attached hydrogens (primary N) is 1. The van der Waals surface area contributed by atoms with Crippen LogP contribution in [0, 0.1) is 0 Å². The minimum atomic E-state index is -0.616. The molecule has 24 heavy (non-hydrogen) atoms. The molecule has 0 saturated heterocycles. The van der Waals surface area contributed by atoms with E-state index in [1.54, 1.807) is 24.3 Å². The number of rotatable bonds is 10. The molecular formula is C17H25N3O4. The van der Waals surface area contributed by atoms with E-state index in [1.165, 1.54) is 6.08 Å². The van der Waals surface area contributed by atoms with E-state index in [0.29, 0.717) is 31.5 Å². The largest absolute Gasteiger partial charge is 0.445 e. The summed E-state index contributed by atoms with van der Waals surface area (Å²) in [4.78, 5) is 23.1. The molecule has 0 fully saturated rings. The molecule has 2 amide bonds. The van der Waals surface area contributed by atoms with Crippen LogP contribution in [-0.2, 0) is 16.1 Å². The average molecular weight is 335 g/mol. The fourth-order valence-corrected chi connectivity index (χ4v) is 1.92. The van der Waals surface area contributed by atoms with Crippen molar-refractivity contribution in [2.75, 3.05) is 18.5 Å². The molecule has 1 aromatic rings. The monoisotopic (exact) mass is 335 g/mol. The molecule has 0 unspecified atom stereocenters. The van der Waals surface area contributed by atoms with Crippen molar-refractivity contribution >= 4 is 17.7 Å². The highest BCUT2D eigenvalue weighted by atomic mass is 16.5. The van der Waals surface area contributed by atoms with Gasteiger partial charge in [0.2, 0.25) is 5.91 Å². The molecule has 1 atom stereocenters. The normalized spacial score (nSPS) is 11.4. The van der Waals surface area contributed by atoms with E-state index in [0.717, 1.165) is 5.56 Å². The van der Waals surface area contributed by atoms with Crippen LogP contribution in [0.4, 0.5) is 10.5 Å². The quantitative estimate of drug-likeness (QED) is 0.382. The van der Waals surface area contributed by atoms with Crippen molar-refractivity contribution < 1.29 is 19.4 Å². The number of aliphatic hydroxyl groups is 1. The molecule has 1 rings (SSSR count). The lowest BCUT2D eigenvalue weighted by Crippen LogP contribution is -2.35. The van der Waals surface area contributed by atoms with Crippen LogP contribution in [0.3, 0.4) is 0 Å². The van der Waals surface area contributed by atoms with E-state index < -0.39 is 12.1 Å². The Morgan fingerprint density at radius 2 is 2.00 bits per heavy atom. The van der Waals surface area contributed by atoms with Gasteiger partial charge in [-0.3, -0.25) is 4.79 Å². The number of amides is 2. The Bertz CT molecular complexity index is 531. The number of carbonyl (C=O) groups excluding carboxylic acids is 2. The zero-order valence-corrected chi connectivity index (χ0v) is 13.7.